The fourth-order valence-electron chi connectivity index (χ4n) is 6.69. The number of hydrogen-bond acceptors (Lipinski definition) is 1. The molecule has 0 unspecified atom stereocenters. The first-order valence-corrected chi connectivity index (χ1v) is 10.3. The highest BCUT2D eigenvalue weighted by atomic mass is 15.3. The molecule has 0 N–H and O–H groups in total. The normalized spacial score (nSPS) is 37.5. The van der Waals surface area contributed by atoms with Gasteiger partial charge in [-0.2, -0.15) is 0 Å². The molecule has 2 aliphatic heterocycles. The second-order valence-electron chi connectivity index (χ2n) is 9.86. The van der Waals surface area contributed by atoms with E-state index < -0.39 is 0 Å². The maximum atomic E-state index is 2.68. The van der Waals surface area contributed by atoms with Crippen molar-refractivity contribution in [2.24, 2.45) is 11.8 Å². The molecule has 2 bridgehead atoms. The molecule has 4 atom stereocenters. The second kappa shape index (κ2) is 5.01. The molecule has 2 aromatic carbocycles. The Morgan fingerprint density at radius 2 is 1.42 bits per heavy atom. The summed E-state index contributed by atoms with van der Waals surface area (Å²) in [5.74, 6) is 1.54. The Labute approximate surface area is 158 Å². The largest absolute Gasteiger partial charge is 0.283 e. The minimum Gasteiger partial charge on any atom is -0.283 e. The summed E-state index contributed by atoms with van der Waals surface area (Å²) in [4.78, 5) is 2.68. The van der Waals surface area contributed by atoms with Crippen molar-refractivity contribution in [3.63, 3.8) is 0 Å². The van der Waals surface area contributed by atoms with Crippen LogP contribution in [0.5, 0.6) is 0 Å². The van der Waals surface area contributed by atoms with Crippen molar-refractivity contribution in [3.05, 3.63) is 70.8 Å². The quantitative estimate of drug-likeness (QED) is 0.663. The maximum absolute atomic E-state index is 2.68. The number of nitrogens with zero attached hydrogens (tertiary/aromatic N) is 1. The zero-order valence-electron chi connectivity index (χ0n) is 16.8. The zero-order valence-corrected chi connectivity index (χ0v) is 16.8. The first-order valence-electron chi connectivity index (χ1n) is 10.3. The van der Waals surface area contributed by atoms with E-state index in [1.165, 1.54) is 24.8 Å². The highest BCUT2D eigenvalue weighted by Crippen LogP contribution is 2.68. The van der Waals surface area contributed by atoms with Gasteiger partial charge in [0.15, 0.2) is 0 Å². The molecule has 1 saturated carbocycles. The summed E-state index contributed by atoms with van der Waals surface area (Å²) in [7, 11) is 2.36. The number of hydrogen-bond donors (Lipinski definition) is 0. The third-order valence-corrected chi connectivity index (χ3v) is 8.08. The van der Waals surface area contributed by atoms with Gasteiger partial charge in [-0.3, -0.25) is 4.90 Å². The molecule has 2 aromatic rings. The minimum absolute atomic E-state index is 0.0422. The Hall–Kier alpha value is -1.60. The van der Waals surface area contributed by atoms with Crippen LogP contribution in [0.2, 0.25) is 0 Å². The molecular formula is C25H31N. The smallest absolute Gasteiger partial charge is 0.0697 e. The van der Waals surface area contributed by atoms with E-state index >= 15 is 0 Å². The summed E-state index contributed by atoms with van der Waals surface area (Å²) in [6.07, 6.45) is 3.96. The van der Waals surface area contributed by atoms with E-state index in [-0.39, 0.29) is 11.1 Å². The molecule has 1 fully saturated rings. The van der Waals surface area contributed by atoms with Crippen LogP contribution in [0.4, 0.5) is 0 Å². The first-order chi connectivity index (χ1) is 12.3. The summed E-state index contributed by atoms with van der Waals surface area (Å²) in [6, 6.07) is 18.6. The lowest BCUT2D eigenvalue weighted by atomic mass is 9.74. The molecule has 3 aliphatic rings. The first kappa shape index (κ1) is 16.6. The van der Waals surface area contributed by atoms with Gasteiger partial charge in [-0.05, 0) is 79.7 Å². The molecule has 0 spiro atoms. The molecule has 26 heavy (non-hydrogen) atoms. The van der Waals surface area contributed by atoms with Gasteiger partial charge in [-0.25, -0.2) is 0 Å². The van der Waals surface area contributed by atoms with Crippen LogP contribution in [0.15, 0.2) is 48.5 Å². The van der Waals surface area contributed by atoms with Crippen molar-refractivity contribution in [2.75, 3.05) is 7.05 Å². The highest BCUT2D eigenvalue weighted by molar-refractivity contribution is 5.57. The molecule has 5 rings (SSSR count). The van der Waals surface area contributed by atoms with Crippen LogP contribution < -0.4 is 0 Å². The van der Waals surface area contributed by atoms with E-state index in [0.717, 1.165) is 11.8 Å². The van der Waals surface area contributed by atoms with Crippen LogP contribution in [0.25, 0.3) is 0 Å². The molecule has 0 aromatic heterocycles. The Kier molecular flexibility index (Phi) is 3.19. The van der Waals surface area contributed by atoms with Gasteiger partial charge in [0.2, 0.25) is 0 Å². The number of rotatable bonds is 2. The van der Waals surface area contributed by atoms with Gasteiger partial charge in [-0.15, -0.1) is 0 Å². The van der Waals surface area contributed by atoms with Crippen LogP contribution in [0, 0.1) is 11.8 Å². The SMILES string of the molecule is CC(C)C[C@]12C[C@H]1C[C@]1(C)c3ccccc3[C@](C)(c3ccccc32)N1C. The zero-order chi connectivity index (χ0) is 18.3. The monoisotopic (exact) mass is 345 g/mol. The molecule has 0 amide bonds. The van der Waals surface area contributed by atoms with Gasteiger partial charge in [0.1, 0.15) is 0 Å². The molecule has 1 nitrogen and oxygen atoms in total. The van der Waals surface area contributed by atoms with E-state index in [1.54, 1.807) is 16.7 Å². The molecule has 1 aliphatic carbocycles. The van der Waals surface area contributed by atoms with Gasteiger partial charge in [0.05, 0.1) is 5.54 Å². The van der Waals surface area contributed by atoms with Crippen molar-refractivity contribution in [3.8, 4) is 0 Å². The van der Waals surface area contributed by atoms with E-state index in [9.17, 15) is 0 Å². The topological polar surface area (TPSA) is 3.24 Å². The third kappa shape index (κ3) is 1.80. The van der Waals surface area contributed by atoms with E-state index in [0.29, 0.717) is 5.41 Å². The minimum atomic E-state index is -0.0422. The van der Waals surface area contributed by atoms with Crippen LogP contribution in [0.1, 0.15) is 69.2 Å². The third-order valence-electron chi connectivity index (χ3n) is 8.08. The lowest BCUT2D eigenvalue weighted by molar-refractivity contribution is 0.0534. The van der Waals surface area contributed by atoms with Crippen molar-refractivity contribution in [2.45, 2.75) is 63.5 Å². The van der Waals surface area contributed by atoms with E-state index in [2.05, 4.69) is 88.2 Å². The van der Waals surface area contributed by atoms with Gasteiger partial charge < -0.3 is 0 Å². The van der Waals surface area contributed by atoms with E-state index in [1.807, 2.05) is 0 Å². The Morgan fingerprint density at radius 3 is 2.04 bits per heavy atom. The summed E-state index contributed by atoms with van der Waals surface area (Å²) >= 11 is 0. The fraction of sp³-hybridized carbons (Fsp3) is 0.520. The predicted octanol–water partition coefficient (Wildman–Crippen LogP) is 5.82. The van der Waals surface area contributed by atoms with Crippen LogP contribution in [-0.4, -0.2) is 11.9 Å². The molecule has 0 radical (unpaired) electrons. The Balaban J connectivity index is 1.83. The molecule has 2 heterocycles. The summed E-state index contributed by atoms with van der Waals surface area (Å²) in [5.41, 5.74) is 6.72. The van der Waals surface area contributed by atoms with Crippen molar-refractivity contribution in [1.29, 1.82) is 0 Å². The summed E-state index contributed by atoms with van der Waals surface area (Å²) in [6.45, 7) is 9.74. The van der Waals surface area contributed by atoms with Crippen LogP contribution >= 0.6 is 0 Å². The van der Waals surface area contributed by atoms with Crippen molar-refractivity contribution >= 4 is 0 Å². The number of benzene rings is 2. The Bertz CT molecular complexity index is 883. The lowest BCUT2D eigenvalue weighted by Crippen LogP contribution is -2.48. The average Bonchev–Trinajstić information content (AvgIpc) is 3.26. The molecule has 136 valence electrons. The predicted molar refractivity (Wildman–Crippen MR) is 108 cm³/mol. The standard InChI is InChI=1S/C25H31N/c1-17(2)14-25-16-18(25)15-23(3)19-10-6-7-11-20(19)24(4,26(23)5)21-12-8-9-13-22(21)25/h6-13,17-18H,14-16H2,1-5H3/t18-,23-,24-,25+/m1/s1. The molecular weight excluding hydrogens is 314 g/mol. The summed E-state index contributed by atoms with van der Waals surface area (Å²) < 4.78 is 0. The summed E-state index contributed by atoms with van der Waals surface area (Å²) in [5, 5.41) is 0. The maximum Gasteiger partial charge on any atom is 0.0697 e. The van der Waals surface area contributed by atoms with E-state index in [4.69, 9.17) is 0 Å². The van der Waals surface area contributed by atoms with Crippen LogP contribution in [0.3, 0.4) is 0 Å². The Morgan fingerprint density at radius 1 is 0.885 bits per heavy atom. The van der Waals surface area contributed by atoms with Gasteiger partial charge in [0.25, 0.3) is 0 Å². The number of fused-ring (bicyclic) bond motifs is 9. The lowest BCUT2D eigenvalue weighted by Gasteiger charge is -2.46. The molecule has 0 saturated heterocycles. The highest BCUT2D eigenvalue weighted by Gasteiger charge is 2.64. The average molecular weight is 346 g/mol. The fourth-order valence-corrected chi connectivity index (χ4v) is 6.69. The van der Waals surface area contributed by atoms with Crippen molar-refractivity contribution in [1.82, 2.24) is 4.90 Å². The molecule has 1 heteroatoms. The van der Waals surface area contributed by atoms with Crippen molar-refractivity contribution < 1.29 is 0 Å². The van der Waals surface area contributed by atoms with Crippen LogP contribution in [-0.2, 0) is 16.5 Å². The second-order valence-corrected chi connectivity index (χ2v) is 9.86. The van der Waals surface area contributed by atoms with Gasteiger partial charge in [-0.1, -0.05) is 62.4 Å². The van der Waals surface area contributed by atoms with Gasteiger partial charge >= 0.3 is 0 Å². The van der Waals surface area contributed by atoms with Gasteiger partial charge in [0, 0.05) is 5.54 Å².